The lowest BCUT2D eigenvalue weighted by Crippen LogP contribution is -2.30. The maximum absolute atomic E-state index is 15.5. The van der Waals surface area contributed by atoms with Gasteiger partial charge in [-0.1, -0.05) is 25.1 Å². The Hall–Kier alpha value is -3.45. The number of phenolic OH excluding ortho intramolecular Hbond substituents is 1. The van der Waals surface area contributed by atoms with Crippen LogP contribution in [-0.2, 0) is 6.42 Å². The zero-order chi connectivity index (χ0) is 21.5. The van der Waals surface area contributed by atoms with Gasteiger partial charge in [-0.05, 0) is 54.7 Å². The van der Waals surface area contributed by atoms with Crippen molar-refractivity contribution in [1.82, 2.24) is 25.5 Å². The molecule has 0 radical (unpaired) electrons. The molecular formula is C24H24FN5O. The fourth-order valence-corrected chi connectivity index (χ4v) is 4.14. The monoisotopic (exact) mass is 417 g/mol. The van der Waals surface area contributed by atoms with Gasteiger partial charge in [0.25, 0.3) is 0 Å². The minimum atomic E-state index is -0.364. The van der Waals surface area contributed by atoms with Crippen LogP contribution >= 0.6 is 0 Å². The number of rotatable bonds is 4. The SMILES string of the molecule is CCc1cc(O)ccc1-c1ccc2c(-c3nc(C4=CC[C@@H](C)NC4)c[nH]3)n[nH]c2c1F. The summed E-state index contributed by atoms with van der Waals surface area (Å²) in [4.78, 5) is 7.89. The summed E-state index contributed by atoms with van der Waals surface area (Å²) in [6, 6.07) is 9.11. The lowest BCUT2D eigenvalue weighted by atomic mass is 9.96. The molecule has 4 aromatic rings. The van der Waals surface area contributed by atoms with Gasteiger partial charge in [0.15, 0.2) is 11.6 Å². The van der Waals surface area contributed by atoms with Crippen molar-refractivity contribution in [1.29, 1.82) is 0 Å². The average molecular weight is 417 g/mol. The molecule has 0 bridgehead atoms. The highest BCUT2D eigenvalue weighted by Gasteiger charge is 2.20. The number of nitrogens with zero attached hydrogens (tertiary/aromatic N) is 2. The van der Waals surface area contributed by atoms with Gasteiger partial charge in [0.1, 0.15) is 17.0 Å². The van der Waals surface area contributed by atoms with E-state index in [-0.39, 0.29) is 11.6 Å². The van der Waals surface area contributed by atoms with Gasteiger partial charge in [0.05, 0.1) is 5.69 Å². The smallest absolute Gasteiger partial charge is 0.159 e. The highest BCUT2D eigenvalue weighted by molar-refractivity contribution is 5.95. The molecule has 3 heterocycles. The van der Waals surface area contributed by atoms with E-state index in [4.69, 9.17) is 4.98 Å². The molecule has 4 N–H and O–H groups in total. The topological polar surface area (TPSA) is 89.6 Å². The van der Waals surface area contributed by atoms with Gasteiger partial charge in [-0.15, -0.1) is 0 Å². The van der Waals surface area contributed by atoms with Crippen LogP contribution in [0.15, 0.2) is 42.6 Å². The maximum atomic E-state index is 15.5. The molecule has 0 aliphatic carbocycles. The number of benzene rings is 2. The molecular weight excluding hydrogens is 393 g/mol. The summed E-state index contributed by atoms with van der Waals surface area (Å²) < 4.78 is 15.5. The molecule has 0 unspecified atom stereocenters. The van der Waals surface area contributed by atoms with Crippen LogP contribution in [0, 0.1) is 5.82 Å². The number of fused-ring (bicyclic) bond motifs is 1. The summed E-state index contributed by atoms with van der Waals surface area (Å²) in [5.74, 6) is 0.417. The van der Waals surface area contributed by atoms with Crippen LogP contribution in [0.4, 0.5) is 4.39 Å². The van der Waals surface area contributed by atoms with Gasteiger partial charge < -0.3 is 15.4 Å². The Labute approximate surface area is 179 Å². The maximum Gasteiger partial charge on any atom is 0.159 e. The number of H-pyrrole nitrogens is 2. The van der Waals surface area contributed by atoms with E-state index in [0.29, 0.717) is 40.4 Å². The number of hydrogen-bond acceptors (Lipinski definition) is 4. The first-order valence-corrected chi connectivity index (χ1v) is 10.5. The zero-order valence-electron chi connectivity index (χ0n) is 17.5. The Kier molecular flexibility index (Phi) is 4.82. The predicted octanol–water partition coefficient (Wildman–Crippen LogP) is 4.79. The van der Waals surface area contributed by atoms with Gasteiger partial charge in [-0.25, -0.2) is 9.37 Å². The third kappa shape index (κ3) is 3.41. The summed E-state index contributed by atoms with van der Waals surface area (Å²) in [5.41, 5.74) is 5.08. The van der Waals surface area contributed by atoms with Gasteiger partial charge >= 0.3 is 0 Å². The Morgan fingerprint density at radius 3 is 2.81 bits per heavy atom. The Morgan fingerprint density at radius 2 is 2.03 bits per heavy atom. The van der Waals surface area contributed by atoms with E-state index >= 15 is 4.39 Å². The molecule has 1 aliphatic rings. The quantitative estimate of drug-likeness (QED) is 0.384. The van der Waals surface area contributed by atoms with Crippen molar-refractivity contribution < 1.29 is 9.50 Å². The molecule has 0 saturated carbocycles. The lowest BCUT2D eigenvalue weighted by Gasteiger charge is -2.18. The van der Waals surface area contributed by atoms with Crippen LogP contribution in [0.5, 0.6) is 5.75 Å². The highest BCUT2D eigenvalue weighted by Crippen LogP contribution is 2.35. The van der Waals surface area contributed by atoms with E-state index < -0.39 is 0 Å². The molecule has 6 nitrogen and oxygen atoms in total. The molecule has 31 heavy (non-hydrogen) atoms. The van der Waals surface area contributed by atoms with E-state index in [2.05, 4.69) is 33.5 Å². The van der Waals surface area contributed by atoms with Gasteiger partial charge in [-0.3, -0.25) is 5.10 Å². The summed E-state index contributed by atoms with van der Waals surface area (Å²) in [7, 11) is 0. The summed E-state index contributed by atoms with van der Waals surface area (Å²) in [5, 5.41) is 21.1. The van der Waals surface area contributed by atoms with Crippen molar-refractivity contribution in [2.24, 2.45) is 0 Å². The second kappa shape index (κ2) is 7.67. The molecule has 0 amide bonds. The summed E-state index contributed by atoms with van der Waals surface area (Å²) >= 11 is 0. The number of nitrogens with one attached hydrogen (secondary N) is 3. The number of aromatic nitrogens is 4. The third-order valence-corrected chi connectivity index (χ3v) is 5.93. The van der Waals surface area contributed by atoms with Crippen LogP contribution in [0.1, 0.15) is 31.5 Å². The Morgan fingerprint density at radius 1 is 1.19 bits per heavy atom. The molecule has 7 heteroatoms. The molecule has 5 rings (SSSR count). The number of phenols is 1. The predicted molar refractivity (Wildman–Crippen MR) is 120 cm³/mol. The van der Waals surface area contributed by atoms with E-state index in [1.165, 1.54) is 0 Å². The lowest BCUT2D eigenvalue weighted by molar-refractivity contribution is 0.474. The molecule has 2 aromatic heterocycles. The molecule has 158 valence electrons. The first kappa shape index (κ1) is 19.5. The molecule has 2 aromatic carbocycles. The molecule has 0 fully saturated rings. The van der Waals surface area contributed by atoms with Crippen molar-refractivity contribution in [3.63, 3.8) is 0 Å². The Balaban J connectivity index is 1.54. The van der Waals surface area contributed by atoms with Gasteiger partial charge in [0.2, 0.25) is 0 Å². The number of aryl methyl sites for hydroxylation is 1. The average Bonchev–Trinajstić information content (AvgIpc) is 3.42. The van der Waals surface area contributed by atoms with Crippen molar-refractivity contribution >= 4 is 16.5 Å². The minimum Gasteiger partial charge on any atom is -0.508 e. The van der Waals surface area contributed by atoms with Crippen LogP contribution in [0.3, 0.4) is 0 Å². The Bertz CT molecular complexity index is 1300. The molecule has 1 aliphatic heterocycles. The number of halogens is 1. The van der Waals surface area contributed by atoms with E-state index in [1.54, 1.807) is 24.3 Å². The largest absolute Gasteiger partial charge is 0.508 e. The zero-order valence-corrected chi connectivity index (χ0v) is 17.5. The normalized spacial score (nSPS) is 16.6. The third-order valence-electron chi connectivity index (χ3n) is 5.93. The van der Waals surface area contributed by atoms with Gasteiger partial charge in [-0.2, -0.15) is 5.10 Å². The van der Waals surface area contributed by atoms with Crippen LogP contribution in [0.25, 0.3) is 39.1 Å². The first-order valence-electron chi connectivity index (χ1n) is 10.5. The fourth-order valence-electron chi connectivity index (χ4n) is 4.14. The second-order valence-corrected chi connectivity index (χ2v) is 8.00. The minimum absolute atomic E-state index is 0.178. The highest BCUT2D eigenvalue weighted by atomic mass is 19.1. The van der Waals surface area contributed by atoms with Crippen LogP contribution in [-0.4, -0.2) is 37.9 Å². The first-order chi connectivity index (χ1) is 15.0. The van der Waals surface area contributed by atoms with Crippen molar-refractivity contribution in [3.05, 3.63) is 59.7 Å². The molecule has 0 spiro atoms. The summed E-state index contributed by atoms with van der Waals surface area (Å²) in [6.45, 7) is 4.91. The van der Waals surface area contributed by atoms with Crippen molar-refractivity contribution in [2.75, 3.05) is 6.54 Å². The summed E-state index contributed by atoms with van der Waals surface area (Å²) in [6.07, 6.45) is 5.73. The number of aromatic amines is 2. The standard InChI is InChI=1S/C24H24FN5O/c1-3-14-10-16(31)6-7-17(14)18-8-9-19-22(21(18)25)29-30-23(19)24-27-12-20(28-24)15-5-4-13(2)26-11-15/h5-10,12-13,26,31H,3-4,11H2,1-2H3,(H,27,28)(H,29,30)/t13-/m1/s1. The van der Waals surface area contributed by atoms with Crippen molar-refractivity contribution in [2.45, 2.75) is 32.7 Å². The van der Waals surface area contributed by atoms with Crippen LogP contribution < -0.4 is 5.32 Å². The van der Waals surface area contributed by atoms with Crippen molar-refractivity contribution in [3.8, 4) is 28.4 Å². The van der Waals surface area contributed by atoms with Gasteiger partial charge in [0, 0.05) is 29.7 Å². The number of aromatic hydroxyl groups is 1. The molecule has 0 saturated heterocycles. The number of imidazole rings is 1. The number of hydrogen-bond donors (Lipinski definition) is 4. The fraction of sp³-hybridized carbons (Fsp3) is 0.250. The van der Waals surface area contributed by atoms with Crippen LogP contribution in [0.2, 0.25) is 0 Å². The van der Waals surface area contributed by atoms with E-state index in [1.807, 2.05) is 19.2 Å². The van der Waals surface area contributed by atoms with E-state index in [0.717, 1.165) is 35.4 Å². The second-order valence-electron chi connectivity index (χ2n) is 8.00. The molecule has 1 atom stereocenters. The van der Waals surface area contributed by atoms with E-state index in [9.17, 15) is 5.11 Å².